The quantitative estimate of drug-likeness (QED) is 0.680. The molecular formula is C7H9F3N2. The van der Waals surface area contributed by atoms with E-state index in [4.69, 9.17) is 0 Å². The van der Waals surface area contributed by atoms with Gasteiger partial charge in [-0.3, -0.25) is 0 Å². The Bertz CT molecular complexity index is 268. The van der Waals surface area contributed by atoms with Crippen molar-refractivity contribution in [1.82, 2.24) is 9.78 Å². The van der Waals surface area contributed by atoms with Gasteiger partial charge in [0.15, 0.2) is 0 Å². The number of halogens is 3. The molecule has 12 heavy (non-hydrogen) atoms. The third-order valence-electron chi connectivity index (χ3n) is 1.53. The zero-order valence-corrected chi connectivity index (χ0v) is 6.76. The zero-order valence-electron chi connectivity index (χ0n) is 6.76. The monoisotopic (exact) mass is 178 g/mol. The molecule has 0 aromatic carbocycles. The summed E-state index contributed by atoms with van der Waals surface area (Å²) in [6.07, 6.45) is 1.03. The van der Waals surface area contributed by atoms with Crippen LogP contribution in [0, 0.1) is 5.95 Å². The average molecular weight is 178 g/mol. The Balaban J connectivity index is 3.00. The van der Waals surface area contributed by atoms with Crippen LogP contribution in [0.1, 0.15) is 31.9 Å². The number of nitrogens with zero attached hydrogens (tertiary/aromatic N) is 2. The van der Waals surface area contributed by atoms with Crippen molar-refractivity contribution in [2.75, 3.05) is 0 Å². The predicted octanol–water partition coefficient (Wildman–Crippen LogP) is 2.54. The van der Waals surface area contributed by atoms with Crippen LogP contribution in [0.3, 0.4) is 0 Å². The third kappa shape index (κ3) is 1.60. The molecule has 0 N–H and O–H groups in total. The molecule has 0 radical (unpaired) electrons. The highest BCUT2D eigenvalue weighted by Crippen LogP contribution is 2.19. The van der Waals surface area contributed by atoms with E-state index in [0.29, 0.717) is 4.68 Å². The second-order valence-electron chi connectivity index (χ2n) is 2.79. The van der Waals surface area contributed by atoms with Crippen molar-refractivity contribution < 1.29 is 13.2 Å². The standard InChI is InChI=1S/C7H9F3N2/c1-4(2)5-3-12(7(9)10)11-6(5)8/h3-4,7H,1-2H3. The Labute approximate surface area is 68.0 Å². The van der Waals surface area contributed by atoms with Gasteiger partial charge in [0.1, 0.15) is 0 Å². The fourth-order valence-electron chi connectivity index (χ4n) is 0.871. The Kier molecular flexibility index (Phi) is 2.40. The predicted molar refractivity (Wildman–Crippen MR) is 37.5 cm³/mol. The maximum Gasteiger partial charge on any atom is 0.333 e. The molecule has 0 atom stereocenters. The molecule has 68 valence electrons. The fourth-order valence-corrected chi connectivity index (χ4v) is 0.871. The molecule has 1 aromatic heterocycles. The Morgan fingerprint density at radius 2 is 2.00 bits per heavy atom. The van der Waals surface area contributed by atoms with Gasteiger partial charge in [-0.2, -0.15) is 13.2 Å². The molecule has 0 unspecified atom stereocenters. The first-order valence-electron chi connectivity index (χ1n) is 3.55. The minimum Gasteiger partial charge on any atom is -0.208 e. The molecule has 1 rings (SSSR count). The third-order valence-corrected chi connectivity index (χ3v) is 1.53. The van der Waals surface area contributed by atoms with Crippen molar-refractivity contribution in [2.24, 2.45) is 0 Å². The van der Waals surface area contributed by atoms with E-state index in [0.717, 1.165) is 6.20 Å². The number of hydrogen-bond acceptors (Lipinski definition) is 1. The minimum absolute atomic E-state index is 0.127. The molecule has 1 heterocycles. The van der Waals surface area contributed by atoms with Crippen LogP contribution < -0.4 is 0 Å². The van der Waals surface area contributed by atoms with Gasteiger partial charge in [0.2, 0.25) is 5.95 Å². The summed E-state index contributed by atoms with van der Waals surface area (Å²) in [6.45, 7) is 0.665. The first-order valence-corrected chi connectivity index (χ1v) is 3.55. The molecule has 0 saturated carbocycles. The van der Waals surface area contributed by atoms with E-state index < -0.39 is 12.5 Å². The van der Waals surface area contributed by atoms with Crippen molar-refractivity contribution in [3.8, 4) is 0 Å². The zero-order chi connectivity index (χ0) is 9.30. The van der Waals surface area contributed by atoms with Gasteiger partial charge >= 0.3 is 6.55 Å². The summed E-state index contributed by atoms with van der Waals surface area (Å²) < 4.78 is 37.0. The van der Waals surface area contributed by atoms with Gasteiger partial charge in [-0.15, -0.1) is 5.10 Å². The van der Waals surface area contributed by atoms with Gasteiger partial charge in [-0.05, 0) is 5.92 Å². The number of rotatable bonds is 2. The lowest BCUT2D eigenvalue weighted by atomic mass is 10.1. The van der Waals surface area contributed by atoms with Crippen molar-refractivity contribution in [3.63, 3.8) is 0 Å². The second-order valence-corrected chi connectivity index (χ2v) is 2.79. The molecule has 0 aliphatic heterocycles. The summed E-state index contributed by atoms with van der Waals surface area (Å²) in [7, 11) is 0. The highest BCUT2D eigenvalue weighted by molar-refractivity contribution is 5.11. The molecule has 5 heteroatoms. The summed E-state index contributed by atoms with van der Waals surface area (Å²) in [5.74, 6) is -0.942. The Morgan fingerprint density at radius 1 is 1.42 bits per heavy atom. The van der Waals surface area contributed by atoms with Crippen LogP contribution in [-0.4, -0.2) is 9.78 Å². The molecule has 0 aliphatic rings. The van der Waals surface area contributed by atoms with E-state index in [-0.39, 0.29) is 11.5 Å². The molecule has 1 aromatic rings. The first-order chi connectivity index (χ1) is 5.52. The van der Waals surface area contributed by atoms with Crippen molar-refractivity contribution in [3.05, 3.63) is 17.7 Å². The summed E-state index contributed by atoms with van der Waals surface area (Å²) in [5, 5.41) is 3.03. The molecule has 0 spiro atoms. The van der Waals surface area contributed by atoms with Crippen LogP contribution in [0.2, 0.25) is 0 Å². The molecule has 0 amide bonds. The van der Waals surface area contributed by atoms with Crippen LogP contribution in [-0.2, 0) is 0 Å². The maximum atomic E-state index is 12.8. The summed E-state index contributed by atoms with van der Waals surface area (Å²) in [5.41, 5.74) is 0.218. The minimum atomic E-state index is -2.77. The largest absolute Gasteiger partial charge is 0.333 e. The second kappa shape index (κ2) is 3.16. The maximum absolute atomic E-state index is 12.8. The first kappa shape index (κ1) is 9.09. The average Bonchev–Trinajstić information content (AvgIpc) is 2.30. The van der Waals surface area contributed by atoms with Crippen molar-refractivity contribution in [1.29, 1.82) is 0 Å². The van der Waals surface area contributed by atoms with Crippen LogP contribution in [0.4, 0.5) is 13.2 Å². The molecule has 0 bridgehead atoms. The van der Waals surface area contributed by atoms with E-state index in [1.165, 1.54) is 0 Å². The molecule has 0 fully saturated rings. The van der Waals surface area contributed by atoms with Gasteiger partial charge in [0.05, 0.1) is 0 Å². The van der Waals surface area contributed by atoms with E-state index in [1.807, 2.05) is 0 Å². The lowest BCUT2D eigenvalue weighted by Gasteiger charge is -1.98. The molecule has 0 aliphatic carbocycles. The molecular weight excluding hydrogens is 169 g/mol. The lowest BCUT2D eigenvalue weighted by molar-refractivity contribution is 0.0548. The van der Waals surface area contributed by atoms with Gasteiger partial charge < -0.3 is 0 Å². The Hall–Kier alpha value is -1.00. The van der Waals surface area contributed by atoms with Crippen LogP contribution in [0.25, 0.3) is 0 Å². The summed E-state index contributed by atoms with van der Waals surface area (Å²) in [4.78, 5) is 0. The van der Waals surface area contributed by atoms with E-state index >= 15 is 0 Å². The highest BCUT2D eigenvalue weighted by Gasteiger charge is 2.15. The fraction of sp³-hybridized carbons (Fsp3) is 0.571. The van der Waals surface area contributed by atoms with Gasteiger partial charge in [-0.1, -0.05) is 13.8 Å². The number of aromatic nitrogens is 2. The topological polar surface area (TPSA) is 17.8 Å². The van der Waals surface area contributed by atoms with Crippen LogP contribution >= 0.6 is 0 Å². The van der Waals surface area contributed by atoms with E-state index in [2.05, 4.69) is 5.10 Å². The Morgan fingerprint density at radius 3 is 2.25 bits per heavy atom. The highest BCUT2D eigenvalue weighted by atomic mass is 19.3. The van der Waals surface area contributed by atoms with Crippen LogP contribution in [0.5, 0.6) is 0 Å². The van der Waals surface area contributed by atoms with E-state index in [9.17, 15) is 13.2 Å². The normalized spacial score (nSPS) is 11.6. The summed E-state index contributed by atoms with van der Waals surface area (Å²) in [6, 6.07) is 0. The summed E-state index contributed by atoms with van der Waals surface area (Å²) >= 11 is 0. The van der Waals surface area contributed by atoms with E-state index in [1.54, 1.807) is 13.8 Å². The van der Waals surface area contributed by atoms with Gasteiger partial charge in [0.25, 0.3) is 0 Å². The van der Waals surface area contributed by atoms with Gasteiger partial charge in [0, 0.05) is 11.8 Å². The molecule has 2 nitrogen and oxygen atoms in total. The molecule has 0 saturated heterocycles. The number of hydrogen-bond donors (Lipinski definition) is 0. The smallest absolute Gasteiger partial charge is 0.208 e. The number of alkyl halides is 2. The van der Waals surface area contributed by atoms with Crippen LogP contribution in [0.15, 0.2) is 6.20 Å². The van der Waals surface area contributed by atoms with Crippen molar-refractivity contribution >= 4 is 0 Å². The van der Waals surface area contributed by atoms with Gasteiger partial charge in [-0.25, -0.2) is 4.68 Å². The van der Waals surface area contributed by atoms with Crippen molar-refractivity contribution in [2.45, 2.75) is 26.3 Å². The lowest BCUT2D eigenvalue weighted by Crippen LogP contribution is -1.97. The SMILES string of the molecule is CC(C)c1cn(C(F)F)nc1F.